The maximum absolute atomic E-state index is 13.5. The first-order valence-corrected chi connectivity index (χ1v) is 10.4. The number of anilines is 1. The largest absolute Gasteiger partial charge is 0.497 e. The maximum Gasteiger partial charge on any atom is 0.264 e. The van der Waals surface area contributed by atoms with Crippen LogP contribution in [0.5, 0.6) is 11.5 Å². The molecule has 3 aromatic carbocycles. The van der Waals surface area contributed by atoms with Gasteiger partial charge < -0.3 is 9.47 Å². The van der Waals surface area contributed by atoms with Crippen LogP contribution in [0.3, 0.4) is 0 Å². The Morgan fingerprint density at radius 1 is 0.862 bits per heavy atom. The second kappa shape index (κ2) is 8.53. The summed E-state index contributed by atoms with van der Waals surface area (Å²) in [6, 6.07) is 18.2. The van der Waals surface area contributed by atoms with Crippen LogP contribution in [0.15, 0.2) is 77.7 Å². The van der Waals surface area contributed by atoms with Gasteiger partial charge in [-0.2, -0.15) is 0 Å². The van der Waals surface area contributed by atoms with E-state index in [2.05, 4.69) is 0 Å². The Kier molecular flexibility index (Phi) is 6.08. The van der Waals surface area contributed by atoms with E-state index >= 15 is 0 Å². The van der Waals surface area contributed by atoms with Crippen molar-refractivity contribution in [2.24, 2.45) is 0 Å². The van der Waals surface area contributed by atoms with Crippen LogP contribution in [-0.4, -0.2) is 22.6 Å². The van der Waals surface area contributed by atoms with Gasteiger partial charge in [-0.3, -0.25) is 4.31 Å². The number of benzene rings is 3. The topological polar surface area (TPSA) is 55.8 Å². The van der Waals surface area contributed by atoms with Gasteiger partial charge in [0.2, 0.25) is 0 Å². The van der Waals surface area contributed by atoms with Gasteiger partial charge in [-0.15, -0.1) is 0 Å². The molecule has 0 aromatic heterocycles. The summed E-state index contributed by atoms with van der Waals surface area (Å²) >= 11 is 0. The van der Waals surface area contributed by atoms with Gasteiger partial charge in [0.05, 0.1) is 30.8 Å². The Balaban J connectivity index is 2.13. The lowest BCUT2D eigenvalue weighted by molar-refractivity contribution is 0.414. The van der Waals surface area contributed by atoms with Gasteiger partial charge in [0, 0.05) is 0 Å². The summed E-state index contributed by atoms with van der Waals surface area (Å²) in [6.45, 7) is 1.79. The highest BCUT2D eigenvalue weighted by Gasteiger charge is 2.30. The summed E-state index contributed by atoms with van der Waals surface area (Å²) in [5.74, 6) is 0.742. The van der Waals surface area contributed by atoms with Crippen LogP contribution < -0.4 is 13.8 Å². The first-order chi connectivity index (χ1) is 13.9. The second-order valence-corrected chi connectivity index (χ2v) is 8.22. The molecule has 1 atom stereocenters. The Morgan fingerprint density at radius 2 is 1.48 bits per heavy atom. The third kappa shape index (κ3) is 4.35. The highest BCUT2D eigenvalue weighted by atomic mass is 32.2. The van der Waals surface area contributed by atoms with Crippen LogP contribution in [-0.2, 0) is 10.0 Å². The molecule has 29 heavy (non-hydrogen) atoms. The normalized spacial score (nSPS) is 12.3. The van der Waals surface area contributed by atoms with Crippen LogP contribution in [0.4, 0.5) is 10.1 Å². The molecule has 0 aliphatic carbocycles. The van der Waals surface area contributed by atoms with E-state index in [1.54, 1.807) is 63.6 Å². The molecular weight excluding hydrogens is 393 g/mol. The van der Waals surface area contributed by atoms with Crippen molar-refractivity contribution in [2.45, 2.75) is 17.9 Å². The lowest BCUT2D eigenvalue weighted by Crippen LogP contribution is -2.33. The molecule has 152 valence electrons. The van der Waals surface area contributed by atoms with Gasteiger partial charge in [-0.05, 0) is 73.2 Å². The average molecular weight is 415 g/mol. The molecule has 0 bridgehead atoms. The van der Waals surface area contributed by atoms with E-state index in [1.165, 1.54) is 16.4 Å². The summed E-state index contributed by atoms with van der Waals surface area (Å²) < 4.78 is 52.1. The highest BCUT2D eigenvalue weighted by Crippen LogP contribution is 2.35. The molecular formula is C22H22FNO4S. The third-order valence-corrected chi connectivity index (χ3v) is 6.54. The number of hydrogen-bond acceptors (Lipinski definition) is 4. The predicted molar refractivity (Wildman–Crippen MR) is 110 cm³/mol. The van der Waals surface area contributed by atoms with E-state index in [1.807, 2.05) is 6.07 Å². The van der Waals surface area contributed by atoms with E-state index < -0.39 is 21.9 Å². The van der Waals surface area contributed by atoms with Crippen LogP contribution in [0.1, 0.15) is 18.5 Å². The van der Waals surface area contributed by atoms with E-state index in [0.717, 1.165) is 17.7 Å². The third-order valence-electron chi connectivity index (χ3n) is 4.63. The zero-order valence-electron chi connectivity index (χ0n) is 16.4. The minimum atomic E-state index is -3.97. The fourth-order valence-electron chi connectivity index (χ4n) is 3.06. The number of hydrogen-bond donors (Lipinski definition) is 0. The molecule has 0 radical (unpaired) electrons. The average Bonchev–Trinajstić information content (AvgIpc) is 2.74. The smallest absolute Gasteiger partial charge is 0.264 e. The molecule has 0 aliphatic rings. The summed E-state index contributed by atoms with van der Waals surface area (Å²) in [5.41, 5.74) is 1.22. The zero-order valence-corrected chi connectivity index (χ0v) is 17.2. The van der Waals surface area contributed by atoms with Crippen molar-refractivity contribution in [3.8, 4) is 11.5 Å². The lowest BCUT2D eigenvalue weighted by Gasteiger charge is -2.31. The van der Waals surface area contributed by atoms with E-state index in [-0.39, 0.29) is 4.90 Å². The Hall–Kier alpha value is -3.06. The molecule has 0 aliphatic heterocycles. The van der Waals surface area contributed by atoms with Crippen LogP contribution in [0.25, 0.3) is 0 Å². The molecule has 0 saturated heterocycles. The Labute approximate surface area is 170 Å². The van der Waals surface area contributed by atoms with Crippen molar-refractivity contribution in [1.29, 1.82) is 0 Å². The molecule has 7 heteroatoms. The van der Waals surface area contributed by atoms with Crippen molar-refractivity contribution >= 4 is 15.7 Å². The van der Waals surface area contributed by atoms with Crippen LogP contribution >= 0.6 is 0 Å². The highest BCUT2D eigenvalue weighted by molar-refractivity contribution is 7.92. The maximum atomic E-state index is 13.5. The van der Waals surface area contributed by atoms with Crippen molar-refractivity contribution in [3.63, 3.8) is 0 Å². The van der Waals surface area contributed by atoms with Crippen molar-refractivity contribution in [1.82, 2.24) is 0 Å². The molecule has 0 saturated carbocycles. The number of rotatable bonds is 7. The SMILES string of the molecule is COc1ccc(N([C@@H](C)c2cccc(OC)c2)S(=O)(=O)c2ccc(F)cc2)cc1. The van der Waals surface area contributed by atoms with Gasteiger partial charge in [-0.1, -0.05) is 12.1 Å². The fourth-order valence-corrected chi connectivity index (χ4v) is 4.70. The van der Waals surface area contributed by atoms with E-state index in [9.17, 15) is 12.8 Å². The molecule has 0 heterocycles. The minimum absolute atomic E-state index is 0.00413. The molecule has 5 nitrogen and oxygen atoms in total. The van der Waals surface area contributed by atoms with Gasteiger partial charge in [0.25, 0.3) is 10.0 Å². The number of methoxy groups -OCH3 is 2. The van der Waals surface area contributed by atoms with Gasteiger partial charge in [0.1, 0.15) is 17.3 Å². The molecule has 3 aromatic rings. The lowest BCUT2D eigenvalue weighted by atomic mass is 10.1. The van der Waals surface area contributed by atoms with Crippen molar-refractivity contribution in [2.75, 3.05) is 18.5 Å². The molecule has 0 N–H and O–H groups in total. The van der Waals surface area contributed by atoms with Gasteiger partial charge in [-0.25, -0.2) is 12.8 Å². The zero-order chi connectivity index (χ0) is 21.0. The first-order valence-electron chi connectivity index (χ1n) is 8.95. The number of nitrogens with zero attached hydrogens (tertiary/aromatic N) is 1. The number of sulfonamides is 1. The van der Waals surface area contributed by atoms with Crippen LogP contribution in [0.2, 0.25) is 0 Å². The summed E-state index contributed by atoms with van der Waals surface area (Å²) in [6.07, 6.45) is 0. The molecule has 0 spiro atoms. The van der Waals surface area contributed by atoms with E-state index in [0.29, 0.717) is 17.2 Å². The fraction of sp³-hybridized carbons (Fsp3) is 0.182. The second-order valence-electron chi connectivity index (χ2n) is 6.41. The predicted octanol–water partition coefficient (Wildman–Crippen LogP) is 4.80. The number of halogens is 1. The Bertz CT molecular complexity index is 1070. The summed E-state index contributed by atoms with van der Waals surface area (Å²) in [4.78, 5) is 0.00413. The first kappa shape index (κ1) is 20.7. The minimum Gasteiger partial charge on any atom is -0.497 e. The molecule has 3 rings (SSSR count). The molecule has 0 amide bonds. The summed E-state index contributed by atoms with van der Waals surface area (Å²) in [5, 5.41) is 0. The molecule has 0 fully saturated rings. The monoisotopic (exact) mass is 415 g/mol. The Morgan fingerprint density at radius 3 is 2.07 bits per heavy atom. The van der Waals surface area contributed by atoms with Crippen LogP contribution in [0, 0.1) is 5.82 Å². The van der Waals surface area contributed by atoms with Crippen molar-refractivity contribution in [3.05, 3.63) is 84.2 Å². The number of ether oxygens (including phenoxy) is 2. The molecule has 0 unspecified atom stereocenters. The van der Waals surface area contributed by atoms with Gasteiger partial charge in [0.15, 0.2) is 0 Å². The van der Waals surface area contributed by atoms with E-state index in [4.69, 9.17) is 9.47 Å². The van der Waals surface area contributed by atoms with Crippen molar-refractivity contribution < 1.29 is 22.3 Å². The van der Waals surface area contributed by atoms with Gasteiger partial charge >= 0.3 is 0 Å². The summed E-state index contributed by atoms with van der Waals surface area (Å²) in [7, 11) is -0.874. The quantitative estimate of drug-likeness (QED) is 0.556. The standard InChI is InChI=1S/C22H22FNO4S/c1-16(17-5-4-6-21(15-17)28-3)24(19-9-11-20(27-2)12-10-19)29(25,26)22-13-7-18(23)8-14-22/h4-16H,1-3H3/t16-/m0/s1.